The van der Waals surface area contributed by atoms with E-state index in [0.717, 1.165) is 59.8 Å². The molecule has 4 fully saturated rings. The van der Waals surface area contributed by atoms with Crippen molar-refractivity contribution in [1.29, 1.82) is 0 Å². The average molecular weight is 443 g/mol. The smallest absolute Gasteiger partial charge is 0.230 e. The standard InChI is InChI=1S/C26H30N6O/c1-16-9-17(2)32(31-16)24-8-7-23(29-30-24)27-21-3-5-22(6-4-21)28-25(33)26-13-18-10-19(14-26)12-20(11-18)15-26/h3-9,18-20H,10-15H2,1-2H3,(H,27,29)(H,28,33). The predicted octanol–water partition coefficient (Wildman–Crippen LogP) is 5.18. The van der Waals surface area contributed by atoms with Crippen LogP contribution >= 0.6 is 0 Å². The van der Waals surface area contributed by atoms with E-state index in [-0.39, 0.29) is 11.3 Å². The number of rotatable bonds is 5. The van der Waals surface area contributed by atoms with Crippen LogP contribution in [0.25, 0.3) is 5.82 Å². The highest BCUT2D eigenvalue weighted by molar-refractivity contribution is 5.95. The summed E-state index contributed by atoms with van der Waals surface area (Å²) in [7, 11) is 0. The van der Waals surface area contributed by atoms with Crippen LogP contribution in [0.3, 0.4) is 0 Å². The number of nitrogens with one attached hydrogen (secondary N) is 2. The molecule has 1 aromatic carbocycles. The van der Waals surface area contributed by atoms with Crippen molar-refractivity contribution < 1.29 is 4.79 Å². The molecule has 170 valence electrons. The van der Waals surface area contributed by atoms with Crippen LogP contribution < -0.4 is 10.6 Å². The van der Waals surface area contributed by atoms with Gasteiger partial charge in [-0.3, -0.25) is 4.79 Å². The molecule has 0 radical (unpaired) electrons. The molecule has 7 nitrogen and oxygen atoms in total. The summed E-state index contributed by atoms with van der Waals surface area (Å²) in [5.41, 5.74) is 3.60. The predicted molar refractivity (Wildman–Crippen MR) is 128 cm³/mol. The summed E-state index contributed by atoms with van der Waals surface area (Å²) < 4.78 is 1.79. The van der Waals surface area contributed by atoms with Gasteiger partial charge in [0.15, 0.2) is 11.6 Å². The van der Waals surface area contributed by atoms with E-state index >= 15 is 0 Å². The molecule has 3 aromatic rings. The maximum Gasteiger partial charge on any atom is 0.230 e. The minimum absolute atomic E-state index is 0.130. The van der Waals surface area contributed by atoms with E-state index in [2.05, 4.69) is 25.9 Å². The molecule has 0 saturated heterocycles. The molecular formula is C26H30N6O. The molecule has 7 heteroatoms. The number of benzene rings is 1. The SMILES string of the molecule is Cc1cc(C)n(-c2ccc(Nc3ccc(NC(=O)C45CC6CC(CC(C6)C4)C5)cc3)nn2)n1. The van der Waals surface area contributed by atoms with Crippen molar-refractivity contribution in [3.63, 3.8) is 0 Å². The Hall–Kier alpha value is -3.22. The van der Waals surface area contributed by atoms with Crippen LogP contribution in [-0.4, -0.2) is 25.9 Å². The lowest BCUT2D eigenvalue weighted by atomic mass is 9.49. The van der Waals surface area contributed by atoms with Crippen LogP contribution in [0, 0.1) is 37.0 Å². The van der Waals surface area contributed by atoms with Gasteiger partial charge < -0.3 is 10.6 Å². The molecular weight excluding hydrogens is 412 g/mol. The van der Waals surface area contributed by atoms with Gasteiger partial charge in [-0.25, -0.2) is 4.68 Å². The Morgan fingerprint density at radius 3 is 2.09 bits per heavy atom. The van der Waals surface area contributed by atoms with Gasteiger partial charge in [0.2, 0.25) is 5.91 Å². The molecule has 0 spiro atoms. The van der Waals surface area contributed by atoms with Gasteiger partial charge in [-0.2, -0.15) is 5.10 Å². The van der Waals surface area contributed by atoms with Crippen LogP contribution in [0.2, 0.25) is 0 Å². The largest absolute Gasteiger partial charge is 0.339 e. The van der Waals surface area contributed by atoms with Gasteiger partial charge in [-0.1, -0.05) is 0 Å². The maximum atomic E-state index is 13.3. The molecule has 1 amide bonds. The summed E-state index contributed by atoms with van der Waals surface area (Å²) in [5.74, 6) is 3.87. The van der Waals surface area contributed by atoms with Crippen LogP contribution in [0.5, 0.6) is 0 Å². The second-order valence-corrected chi connectivity index (χ2v) is 10.5. The molecule has 4 aliphatic rings. The number of nitrogens with zero attached hydrogens (tertiary/aromatic N) is 4. The minimum atomic E-state index is -0.130. The van der Waals surface area contributed by atoms with Crippen molar-refractivity contribution in [3.05, 3.63) is 53.9 Å². The lowest BCUT2D eigenvalue weighted by Gasteiger charge is -2.55. The van der Waals surface area contributed by atoms with Crippen LogP contribution in [0.4, 0.5) is 17.2 Å². The van der Waals surface area contributed by atoms with Crippen molar-refractivity contribution in [2.45, 2.75) is 52.4 Å². The first-order valence-corrected chi connectivity index (χ1v) is 12.0. The molecule has 0 unspecified atom stereocenters. The number of aromatic nitrogens is 4. The summed E-state index contributed by atoms with van der Waals surface area (Å²) in [5, 5.41) is 19.5. The first-order chi connectivity index (χ1) is 16.0. The fraction of sp³-hybridized carbons (Fsp3) is 0.462. The minimum Gasteiger partial charge on any atom is -0.339 e. The number of carbonyl (C=O) groups is 1. The first kappa shape index (κ1) is 20.4. The zero-order chi connectivity index (χ0) is 22.6. The third-order valence-corrected chi connectivity index (χ3v) is 7.81. The van der Waals surface area contributed by atoms with Gasteiger partial charge in [0.25, 0.3) is 0 Å². The lowest BCUT2D eigenvalue weighted by molar-refractivity contribution is -0.140. The molecule has 0 atom stereocenters. The average Bonchev–Trinajstić information content (AvgIpc) is 3.12. The highest BCUT2D eigenvalue weighted by Crippen LogP contribution is 2.60. The van der Waals surface area contributed by atoms with Gasteiger partial charge >= 0.3 is 0 Å². The molecule has 4 bridgehead atoms. The number of amides is 1. The van der Waals surface area contributed by atoms with Gasteiger partial charge in [0.05, 0.1) is 11.1 Å². The third kappa shape index (κ3) is 3.79. The van der Waals surface area contributed by atoms with Gasteiger partial charge in [0.1, 0.15) is 0 Å². The Morgan fingerprint density at radius 2 is 1.55 bits per heavy atom. The van der Waals surface area contributed by atoms with Crippen LogP contribution in [0.15, 0.2) is 42.5 Å². The number of aryl methyl sites for hydroxylation is 2. The monoisotopic (exact) mass is 442 g/mol. The van der Waals surface area contributed by atoms with E-state index in [0.29, 0.717) is 11.6 Å². The van der Waals surface area contributed by atoms with Crippen molar-refractivity contribution in [2.24, 2.45) is 23.2 Å². The topological polar surface area (TPSA) is 84.7 Å². The highest BCUT2D eigenvalue weighted by Gasteiger charge is 2.54. The van der Waals surface area contributed by atoms with E-state index in [1.165, 1.54) is 19.3 Å². The number of hydrogen-bond donors (Lipinski definition) is 2. The Kier molecular flexibility index (Phi) is 4.75. The normalized spacial score (nSPS) is 27.5. The molecule has 4 saturated carbocycles. The zero-order valence-corrected chi connectivity index (χ0v) is 19.2. The van der Waals surface area contributed by atoms with E-state index in [1.54, 1.807) is 4.68 Å². The number of hydrogen-bond acceptors (Lipinski definition) is 5. The van der Waals surface area contributed by atoms with E-state index in [9.17, 15) is 4.79 Å². The van der Waals surface area contributed by atoms with Crippen molar-refractivity contribution >= 4 is 23.1 Å². The number of anilines is 3. The summed E-state index contributed by atoms with van der Waals surface area (Å²) in [6.07, 6.45) is 7.28. The molecule has 0 aliphatic heterocycles. The molecule has 33 heavy (non-hydrogen) atoms. The Morgan fingerprint density at radius 1 is 0.909 bits per heavy atom. The van der Waals surface area contributed by atoms with Crippen LogP contribution in [0.1, 0.15) is 49.9 Å². The lowest BCUT2D eigenvalue weighted by Crippen LogP contribution is -2.51. The number of carbonyl (C=O) groups excluding carboxylic acids is 1. The molecule has 2 aromatic heterocycles. The van der Waals surface area contributed by atoms with E-state index < -0.39 is 0 Å². The second kappa shape index (κ2) is 7.68. The van der Waals surface area contributed by atoms with Gasteiger partial charge in [0, 0.05) is 17.1 Å². The molecule has 2 N–H and O–H groups in total. The molecule has 4 aliphatic carbocycles. The highest BCUT2D eigenvalue weighted by atomic mass is 16.2. The zero-order valence-electron chi connectivity index (χ0n) is 19.2. The summed E-state index contributed by atoms with van der Waals surface area (Å²) in [6.45, 7) is 3.96. The summed E-state index contributed by atoms with van der Waals surface area (Å²) in [4.78, 5) is 13.3. The first-order valence-electron chi connectivity index (χ1n) is 12.0. The Bertz CT molecular complexity index is 1150. The summed E-state index contributed by atoms with van der Waals surface area (Å²) >= 11 is 0. The summed E-state index contributed by atoms with van der Waals surface area (Å²) in [6, 6.07) is 13.6. The quantitative estimate of drug-likeness (QED) is 0.569. The van der Waals surface area contributed by atoms with Crippen molar-refractivity contribution in [2.75, 3.05) is 10.6 Å². The second-order valence-electron chi connectivity index (χ2n) is 10.5. The van der Waals surface area contributed by atoms with Gasteiger partial charge in [-0.05, 0) is 113 Å². The molecule has 2 heterocycles. The van der Waals surface area contributed by atoms with E-state index in [4.69, 9.17) is 0 Å². The third-order valence-electron chi connectivity index (χ3n) is 7.81. The Labute approximate surface area is 194 Å². The maximum absolute atomic E-state index is 13.3. The van der Waals surface area contributed by atoms with E-state index in [1.807, 2.05) is 56.3 Å². The fourth-order valence-electron chi connectivity index (χ4n) is 6.80. The van der Waals surface area contributed by atoms with Crippen molar-refractivity contribution in [3.8, 4) is 5.82 Å². The fourth-order valence-corrected chi connectivity index (χ4v) is 6.80. The Balaban J connectivity index is 1.10. The van der Waals surface area contributed by atoms with Crippen LogP contribution in [-0.2, 0) is 4.79 Å². The molecule has 7 rings (SSSR count). The van der Waals surface area contributed by atoms with Crippen molar-refractivity contribution in [1.82, 2.24) is 20.0 Å². The van der Waals surface area contributed by atoms with Gasteiger partial charge in [-0.15, -0.1) is 10.2 Å².